The van der Waals surface area contributed by atoms with Crippen molar-refractivity contribution in [2.45, 2.75) is 70.2 Å². The summed E-state index contributed by atoms with van der Waals surface area (Å²) in [5, 5.41) is 11.5. The van der Waals surface area contributed by atoms with E-state index in [1.807, 2.05) is 0 Å². The summed E-state index contributed by atoms with van der Waals surface area (Å²) >= 11 is 2.20. The van der Waals surface area contributed by atoms with Crippen LogP contribution in [0.25, 0.3) is 0 Å². The molecule has 0 amide bonds. The smallest absolute Gasteiger partial charge is 0.475 e. The first-order valence-corrected chi connectivity index (χ1v) is 9.85. The minimum atomic E-state index is -5.08. The number of carboxylic acids is 1. The van der Waals surface area contributed by atoms with Crippen LogP contribution in [0.15, 0.2) is 0 Å². The average molecular weight is 369 g/mol. The topological polar surface area (TPSA) is 49.3 Å². The van der Waals surface area contributed by atoms with Gasteiger partial charge in [-0.2, -0.15) is 24.9 Å². The second-order valence-corrected chi connectivity index (χ2v) is 8.67. The molecule has 1 saturated heterocycles. The molecule has 0 unspecified atom stereocenters. The monoisotopic (exact) mass is 369 g/mol. The highest BCUT2D eigenvalue weighted by Crippen LogP contribution is 2.47. The number of thioether (sulfide) groups is 1. The Morgan fingerprint density at radius 3 is 2.12 bits per heavy atom. The Hall–Kier alpha value is -0.430. The molecule has 24 heavy (non-hydrogen) atoms. The van der Waals surface area contributed by atoms with Crippen molar-refractivity contribution in [3.05, 3.63) is 0 Å². The second kappa shape index (κ2) is 9.90. The number of carboxylic acid groups (broad SMARTS) is 1. The van der Waals surface area contributed by atoms with Gasteiger partial charge in [0.2, 0.25) is 0 Å². The molecule has 2 aliphatic rings. The normalized spacial score (nSPS) is 21.9. The van der Waals surface area contributed by atoms with Gasteiger partial charge in [0, 0.05) is 0 Å². The predicted molar refractivity (Wildman–Crippen MR) is 92.4 cm³/mol. The fraction of sp³-hybridized carbons (Fsp3) is 0.941. The standard InChI is InChI=1S/C15H29NS.C2HF3O2/c1-13(2)17-12-15(8-10-16-11-9-15)14-6-4-3-5-7-14;3-2(4,5)1(6)7/h13-14,16H,3-12H2,1-2H3;(H,6,7). The third kappa shape index (κ3) is 7.21. The molecule has 1 aliphatic carbocycles. The summed E-state index contributed by atoms with van der Waals surface area (Å²) in [6.07, 6.45) is 5.27. The fourth-order valence-electron chi connectivity index (χ4n) is 3.64. The van der Waals surface area contributed by atoms with Crippen molar-refractivity contribution < 1.29 is 23.1 Å². The molecule has 0 atom stereocenters. The zero-order chi connectivity index (χ0) is 18.2. The summed E-state index contributed by atoms with van der Waals surface area (Å²) in [5.41, 5.74) is 0.681. The minimum absolute atomic E-state index is 0.681. The van der Waals surface area contributed by atoms with Gasteiger partial charge in [0.05, 0.1) is 0 Å². The van der Waals surface area contributed by atoms with E-state index in [1.165, 1.54) is 63.8 Å². The van der Waals surface area contributed by atoms with Crippen molar-refractivity contribution in [3.63, 3.8) is 0 Å². The van der Waals surface area contributed by atoms with Crippen LogP contribution < -0.4 is 5.32 Å². The van der Waals surface area contributed by atoms with E-state index in [9.17, 15) is 13.2 Å². The highest BCUT2D eigenvalue weighted by molar-refractivity contribution is 7.99. The molecule has 3 nitrogen and oxygen atoms in total. The van der Waals surface area contributed by atoms with Crippen LogP contribution in [-0.4, -0.2) is 41.3 Å². The van der Waals surface area contributed by atoms with E-state index in [4.69, 9.17) is 9.90 Å². The lowest BCUT2D eigenvalue weighted by atomic mass is 9.65. The summed E-state index contributed by atoms with van der Waals surface area (Å²) in [5.74, 6) is -0.311. The Labute approximate surface area is 147 Å². The number of hydrogen-bond acceptors (Lipinski definition) is 3. The number of carbonyl (C=O) groups is 1. The molecule has 0 aromatic heterocycles. The average Bonchev–Trinajstić information content (AvgIpc) is 2.54. The molecular weight excluding hydrogens is 339 g/mol. The molecular formula is C17H30F3NO2S. The number of hydrogen-bond donors (Lipinski definition) is 2. The van der Waals surface area contributed by atoms with Gasteiger partial charge in [0.1, 0.15) is 0 Å². The van der Waals surface area contributed by atoms with E-state index in [1.54, 1.807) is 0 Å². The van der Waals surface area contributed by atoms with Crippen molar-refractivity contribution in [2.24, 2.45) is 11.3 Å². The van der Waals surface area contributed by atoms with Crippen molar-refractivity contribution in [2.75, 3.05) is 18.8 Å². The summed E-state index contributed by atoms with van der Waals surface area (Å²) in [7, 11) is 0. The zero-order valence-electron chi connectivity index (χ0n) is 14.6. The van der Waals surface area contributed by atoms with Gasteiger partial charge in [-0.15, -0.1) is 0 Å². The van der Waals surface area contributed by atoms with E-state index >= 15 is 0 Å². The van der Waals surface area contributed by atoms with Crippen molar-refractivity contribution in [3.8, 4) is 0 Å². The largest absolute Gasteiger partial charge is 0.490 e. The molecule has 2 N–H and O–H groups in total. The maximum Gasteiger partial charge on any atom is 0.490 e. The van der Waals surface area contributed by atoms with Crippen LogP contribution >= 0.6 is 11.8 Å². The van der Waals surface area contributed by atoms with Crippen molar-refractivity contribution in [1.82, 2.24) is 5.32 Å². The maximum absolute atomic E-state index is 10.6. The van der Waals surface area contributed by atoms with Gasteiger partial charge in [0.15, 0.2) is 0 Å². The van der Waals surface area contributed by atoms with E-state index in [0.717, 1.165) is 11.2 Å². The summed E-state index contributed by atoms with van der Waals surface area (Å²) < 4.78 is 31.7. The molecule has 0 bridgehead atoms. The molecule has 7 heteroatoms. The molecule has 1 aliphatic heterocycles. The molecule has 1 saturated carbocycles. The van der Waals surface area contributed by atoms with Crippen LogP contribution in [0.3, 0.4) is 0 Å². The van der Waals surface area contributed by atoms with Crippen LogP contribution in [-0.2, 0) is 4.79 Å². The first kappa shape index (κ1) is 21.6. The van der Waals surface area contributed by atoms with Crippen LogP contribution in [0, 0.1) is 11.3 Å². The van der Waals surface area contributed by atoms with Crippen LogP contribution in [0.5, 0.6) is 0 Å². The van der Waals surface area contributed by atoms with Crippen molar-refractivity contribution in [1.29, 1.82) is 0 Å². The summed E-state index contributed by atoms with van der Waals surface area (Å²) in [4.78, 5) is 8.90. The first-order chi connectivity index (χ1) is 11.2. The van der Waals surface area contributed by atoms with Crippen LogP contribution in [0.2, 0.25) is 0 Å². The SMILES string of the molecule is CC(C)SCC1(C2CCCCC2)CCNCC1.O=C(O)C(F)(F)F. The molecule has 0 radical (unpaired) electrons. The van der Waals surface area contributed by atoms with Gasteiger partial charge in [0.25, 0.3) is 0 Å². The fourth-order valence-corrected chi connectivity index (χ4v) is 4.83. The number of piperidine rings is 1. The lowest BCUT2D eigenvalue weighted by molar-refractivity contribution is -0.192. The lowest BCUT2D eigenvalue weighted by Crippen LogP contribution is -2.44. The van der Waals surface area contributed by atoms with Gasteiger partial charge in [-0.3, -0.25) is 0 Å². The highest BCUT2D eigenvalue weighted by atomic mass is 32.2. The number of alkyl halides is 3. The zero-order valence-corrected chi connectivity index (χ0v) is 15.4. The molecule has 1 heterocycles. The third-order valence-corrected chi connectivity index (χ3v) is 6.43. The quantitative estimate of drug-likeness (QED) is 0.753. The Kier molecular flexibility index (Phi) is 8.91. The first-order valence-electron chi connectivity index (χ1n) is 8.80. The number of rotatable bonds is 4. The van der Waals surface area contributed by atoms with Gasteiger partial charge in [-0.05, 0) is 61.1 Å². The van der Waals surface area contributed by atoms with E-state index in [2.05, 4.69) is 30.9 Å². The highest BCUT2D eigenvalue weighted by Gasteiger charge is 2.40. The Morgan fingerprint density at radius 2 is 1.71 bits per heavy atom. The van der Waals surface area contributed by atoms with Crippen LogP contribution in [0.1, 0.15) is 58.8 Å². The lowest BCUT2D eigenvalue weighted by Gasteiger charge is -2.46. The van der Waals surface area contributed by atoms with E-state index in [0.29, 0.717) is 5.41 Å². The van der Waals surface area contributed by atoms with Gasteiger partial charge >= 0.3 is 12.1 Å². The van der Waals surface area contributed by atoms with Gasteiger partial charge in [-0.1, -0.05) is 33.1 Å². The molecule has 0 aromatic carbocycles. The number of aliphatic carboxylic acids is 1. The Balaban J connectivity index is 0.000000351. The molecule has 2 fully saturated rings. The van der Waals surface area contributed by atoms with Gasteiger partial charge < -0.3 is 10.4 Å². The number of nitrogens with one attached hydrogen (secondary N) is 1. The van der Waals surface area contributed by atoms with Crippen LogP contribution in [0.4, 0.5) is 13.2 Å². The number of halogens is 3. The Morgan fingerprint density at radius 1 is 1.21 bits per heavy atom. The maximum atomic E-state index is 10.6. The third-order valence-electron chi connectivity index (χ3n) is 5.02. The molecule has 142 valence electrons. The molecule has 0 aromatic rings. The minimum Gasteiger partial charge on any atom is -0.475 e. The molecule has 2 rings (SSSR count). The van der Waals surface area contributed by atoms with E-state index < -0.39 is 12.1 Å². The van der Waals surface area contributed by atoms with E-state index in [-0.39, 0.29) is 0 Å². The summed E-state index contributed by atoms with van der Waals surface area (Å²) in [6.45, 7) is 7.21. The summed E-state index contributed by atoms with van der Waals surface area (Å²) in [6, 6.07) is 0. The van der Waals surface area contributed by atoms with Crippen molar-refractivity contribution >= 4 is 17.7 Å². The second-order valence-electron chi connectivity index (χ2n) is 7.11. The Bertz CT molecular complexity index is 377. The predicted octanol–water partition coefficient (Wildman–Crippen LogP) is 4.71. The van der Waals surface area contributed by atoms with Gasteiger partial charge in [-0.25, -0.2) is 4.79 Å². The molecule has 0 spiro atoms.